The first kappa shape index (κ1) is 14.6. The molecule has 0 spiro atoms. The lowest BCUT2D eigenvalue weighted by Crippen LogP contribution is -2.39. The average Bonchev–Trinajstić information content (AvgIpc) is 2.36. The van der Waals surface area contributed by atoms with Gasteiger partial charge in [-0.1, -0.05) is 11.6 Å². The van der Waals surface area contributed by atoms with Gasteiger partial charge in [-0.05, 0) is 19.1 Å². The summed E-state index contributed by atoms with van der Waals surface area (Å²) in [6, 6.07) is 3.67. The van der Waals surface area contributed by atoms with Gasteiger partial charge >= 0.3 is 0 Å². The summed E-state index contributed by atoms with van der Waals surface area (Å²) < 4.78 is 22.8. The number of hydrogen-bond donors (Lipinski definition) is 1. The molecular weight excluding hydrogens is 286 g/mol. The Hall–Kier alpha value is -0.850. The number of aromatic nitrogens is 1. The van der Waals surface area contributed by atoms with Crippen molar-refractivity contribution >= 4 is 27.3 Å². The molecule has 1 aliphatic heterocycles. The molecule has 19 heavy (non-hydrogen) atoms. The van der Waals surface area contributed by atoms with Crippen LogP contribution in [0.4, 0.5) is 5.82 Å². The Morgan fingerprint density at radius 3 is 2.68 bits per heavy atom. The molecule has 0 radical (unpaired) electrons. The van der Waals surface area contributed by atoms with Crippen LogP contribution < -0.4 is 5.32 Å². The molecule has 1 aliphatic rings. The van der Waals surface area contributed by atoms with Gasteiger partial charge in [0.25, 0.3) is 0 Å². The molecule has 0 unspecified atom stereocenters. The smallest absolute Gasteiger partial charge is 0.152 e. The van der Waals surface area contributed by atoms with Gasteiger partial charge in [0.2, 0.25) is 0 Å². The number of nitrogens with one attached hydrogen (secondary N) is 1. The van der Waals surface area contributed by atoms with E-state index in [-0.39, 0.29) is 11.5 Å². The molecule has 1 saturated heterocycles. The molecule has 2 rings (SSSR count). The van der Waals surface area contributed by atoms with E-state index in [1.54, 1.807) is 0 Å². The summed E-state index contributed by atoms with van der Waals surface area (Å²) in [6.45, 7) is 4.49. The highest BCUT2D eigenvalue weighted by molar-refractivity contribution is 7.91. The molecule has 0 saturated carbocycles. The number of anilines is 1. The van der Waals surface area contributed by atoms with E-state index < -0.39 is 9.84 Å². The molecular formula is C12H18ClN3O2S. The Balaban J connectivity index is 2.04. The molecule has 0 bridgehead atoms. The zero-order valence-corrected chi connectivity index (χ0v) is 12.5. The number of hydrogen-bond acceptors (Lipinski definition) is 5. The van der Waals surface area contributed by atoms with Crippen LogP contribution in [-0.2, 0) is 16.4 Å². The number of rotatable bonds is 4. The van der Waals surface area contributed by atoms with Crippen LogP contribution in [0.5, 0.6) is 0 Å². The van der Waals surface area contributed by atoms with Gasteiger partial charge < -0.3 is 5.32 Å². The maximum absolute atomic E-state index is 11.4. The lowest BCUT2D eigenvalue weighted by molar-refractivity contribution is 0.284. The maximum atomic E-state index is 11.4. The molecule has 0 amide bonds. The molecule has 106 valence electrons. The van der Waals surface area contributed by atoms with E-state index in [1.165, 1.54) is 0 Å². The number of pyridine rings is 1. The fourth-order valence-corrected chi connectivity index (χ4v) is 3.44. The van der Waals surface area contributed by atoms with Crippen LogP contribution in [0.1, 0.15) is 12.6 Å². The summed E-state index contributed by atoms with van der Waals surface area (Å²) in [4.78, 5) is 6.53. The molecule has 2 heterocycles. The van der Waals surface area contributed by atoms with E-state index in [1.807, 2.05) is 19.1 Å². The Bertz CT molecular complexity index is 534. The Morgan fingerprint density at radius 1 is 1.37 bits per heavy atom. The van der Waals surface area contributed by atoms with Gasteiger partial charge in [0, 0.05) is 26.2 Å². The summed E-state index contributed by atoms with van der Waals surface area (Å²) in [5, 5.41) is 3.76. The second-order valence-corrected chi connectivity index (χ2v) is 7.29. The fraction of sp³-hybridized carbons (Fsp3) is 0.583. The minimum atomic E-state index is -2.84. The topological polar surface area (TPSA) is 62.3 Å². The minimum Gasteiger partial charge on any atom is -0.370 e. The number of sulfone groups is 1. The largest absolute Gasteiger partial charge is 0.370 e. The quantitative estimate of drug-likeness (QED) is 0.911. The highest BCUT2D eigenvalue weighted by atomic mass is 35.5. The van der Waals surface area contributed by atoms with Crippen molar-refractivity contribution < 1.29 is 8.42 Å². The highest BCUT2D eigenvalue weighted by Crippen LogP contribution is 2.19. The van der Waals surface area contributed by atoms with E-state index in [0.29, 0.717) is 24.7 Å². The van der Waals surface area contributed by atoms with Crippen LogP contribution >= 0.6 is 11.6 Å². The van der Waals surface area contributed by atoms with Gasteiger partial charge in [-0.25, -0.2) is 13.4 Å². The normalized spacial score (nSPS) is 19.3. The Morgan fingerprint density at radius 2 is 2.05 bits per heavy atom. The van der Waals surface area contributed by atoms with Crippen LogP contribution in [-0.4, -0.2) is 49.4 Å². The average molecular weight is 304 g/mol. The van der Waals surface area contributed by atoms with Crippen molar-refractivity contribution in [3.63, 3.8) is 0 Å². The molecule has 1 aromatic heterocycles. The molecule has 0 atom stereocenters. The van der Waals surface area contributed by atoms with Crippen molar-refractivity contribution in [1.82, 2.24) is 9.88 Å². The Labute approximate surface area is 118 Å². The van der Waals surface area contributed by atoms with E-state index >= 15 is 0 Å². The third-order valence-corrected chi connectivity index (χ3v) is 5.04. The maximum Gasteiger partial charge on any atom is 0.152 e. The van der Waals surface area contributed by atoms with Crippen molar-refractivity contribution in [1.29, 1.82) is 0 Å². The first-order valence-electron chi connectivity index (χ1n) is 6.32. The van der Waals surface area contributed by atoms with E-state index in [0.717, 1.165) is 18.1 Å². The van der Waals surface area contributed by atoms with Gasteiger partial charge in [-0.3, -0.25) is 4.90 Å². The first-order valence-corrected chi connectivity index (χ1v) is 8.52. The van der Waals surface area contributed by atoms with E-state index in [4.69, 9.17) is 11.6 Å². The van der Waals surface area contributed by atoms with Crippen molar-refractivity contribution in [2.75, 3.05) is 36.5 Å². The monoisotopic (exact) mass is 303 g/mol. The highest BCUT2D eigenvalue weighted by Gasteiger charge is 2.22. The predicted molar refractivity (Wildman–Crippen MR) is 77.3 cm³/mol. The van der Waals surface area contributed by atoms with Crippen molar-refractivity contribution in [3.05, 3.63) is 22.8 Å². The van der Waals surface area contributed by atoms with Gasteiger partial charge in [0.1, 0.15) is 5.82 Å². The minimum absolute atomic E-state index is 0.220. The van der Waals surface area contributed by atoms with Crippen LogP contribution in [0, 0.1) is 0 Å². The fourth-order valence-electron chi connectivity index (χ4n) is 1.99. The summed E-state index contributed by atoms with van der Waals surface area (Å²) in [7, 11) is -2.84. The second kappa shape index (κ2) is 6.07. The molecule has 5 nitrogen and oxygen atoms in total. The summed E-state index contributed by atoms with van der Waals surface area (Å²) in [5.41, 5.74) is 0.791. The zero-order valence-electron chi connectivity index (χ0n) is 10.9. The molecule has 0 aromatic carbocycles. The van der Waals surface area contributed by atoms with Crippen LogP contribution in [0.2, 0.25) is 5.02 Å². The third-order valence-electron chi connectivity index (χ3n) is 3.09. The molecule has 7 heteroatoms. The van der Waals surface area contributed by atoms with Gasteiger partial charge in [0.15, 0.2) is 9.84 Å². The van der Waals surface area contributed by atoms with Crippen LogP contribution in [0.15, 0.2) is 12.1 Å². The number of halogens is 1. The van der Waals surface area contributed by atoms with Gasteiger partial charge in [-0.15, -0.1) is 0 Å². The Kier molecular flexibility index (Phi) is 4.65. The number of nitrogens with zero attached hydrogens (tertiary/aromatic N) is 2. The van der Waals surface area contributed by atoms with Crippen molar-refractivity contribution in [2.24, 2.45) is 0 Å². The molecule has 0 aliphatic carbocycles. The zero-order chi connectivity index (χ0) is 13.9. The standard InChI is InChI=1S/C12H18ClN3O2S/c1-2-14-12-4-3-10(13)11(15-12)9-16-5-7-19(17,18)8-6-16/h3-4H,2,5-9H2,1H3,(H,14,15). The summed E-state index contributed by atoms with van der Waals surface area (Å²) in [5.74, 6) is 1.24. The van der Waals surface area contributed by atoms with Crippen molar-refractivity contribution in [2.45, 2.75) is 13.5 Å². The van der Waals surface area contributed by atoms with Gasteiger partial charge in [0.05, 0.1) is 22.2 Å². The lowest BCUT2D eigenvalue weighted by Gasteiger charge is -2.26. The van der Waals surface area contributed by atoms with Crippen molar-refractivity contribution in [3.8, 4) is 0 Å². The molecule has 1 fully saturated rings. The second-order valence-electron chi connectivity index (χ2n) is 4.58. The lowest BCUT2D eigenvalue weighted by atomic mass is 10.3. The molecule has 1 aromatic rings. The van der Waals surface area contributed by atoms with Gasteiger partial charge in [-0.2, -0.15) is 0 Å². The summed E-state index contributed by atoms with van der Waals surface area (Å²) in [6.07, 6.45) is 0. The molecule has 1 N–H and O–H groups in total. The SMILES string of the molecule is CCNc1ccc(Cl)c(CN2CCS(=O)(=O)CC2)n1. The van der Waals surface area contributed by atoms with Crippen LogP contribution in [0.25, 0.3) is 0 Å². The first-order chi connectivity index (χ1) is 9.00. The summed E-state index contributed by atoms with van der Waals surface area (Å²) >= 11 is 6.14. The predicted octanol–water partition coefficient (Wildman–Crippen LogP) is 1.40. The van der Waals surface area contributed by atoms with Crippen LogP contribution in [0.3, 0.4) is 0 Å². The van der Waals surface area contributed by atoms with E-state index in [2.05, 4.69) is 15.2 Å². The third kappa shape index (κ3) is 4.06. The van der Waals surface area contributed by atoms with E-state index in [9.17, 15) is 8.42 Å².